The zero-order chi connectivity index (χ0) is 12.4. The van der Waals surface area contributed by atoms with Crippen LogP contribution in [0.15, 0.2) is 24.5 Å². The molecule has 1 heterocycles. The van der Waals surface area contributed by atoms with E-state index in [1.165, 1.54) is 12.3 Å². The van der Waals surface area contributed by atoms with Gasteiger partial charge in [-0.3, -0.25) is 4.98 Å². The fraction of sp³-hybridized carbons (Fsp3) is 0.167. The minimum absolute atomic E-state index is 0.0975. The Kier molecular flexibility index (Phi) is 2.91. The fourth-order valence-electron chi connectivity index (χ4n) is 1.35. The average molecular weight is 233 g/mol. The Morgan fingerprint density at radius 3 is 2.59 bits per heavy atom. The Morgan fingerprint density at radius 2 is 1.88 bits per heavy atom. The van der Waals surface area contributed by atoms with Gasteiger partial charge in [0.05, 0.1) is 5.69 Å². The lowest BCUT2D eigenvalue weighted by molar-refractivity contribution is 0.421. The molecule has 2 N–H and O–H groups in total. The maximum absolute atomic E-state index is 13.6. The van der Waals surface area contributed by atoms with Gasteiger partial charge in [-0.2, -0.15) is 0 Å². The van der Waals surface area contributed by atoms with E-state index >= 15 is 0 Å². The van der Waals surface area contributed by atoms with Crippen LogP contribution in [0.1, 0.15) is 11.3 Å². The normalized spacial score (nSPS) is 10.3. The van der Waals surface area contributed by atoms with Crippen LogP contribution in [0.5, 0.6) is 11.6 Å². The monoisotopic (exact) mass is 233 g/mol. The Hall–Kier alpha value is -2.17. The molecule has 0 aliphatic rings. The quantitative estimate of drug-likeness (QED) is 0.810. The first-order valence-corrected chi connectivity index (χ1v) is 5.09. The molecule has 0 aliphatic carbocycles. The van der Waals surface area contributed by atoms with Gasteiger partial charge >= 0.3 is 0 Å². The van der Waals surface area contributed by atoms with E-state index in [1.54, 1.807) is 26.1 Å². The largest absolute Gasteiger partial charge is 0.434 e. The van der Waals surface area contributed by atoms with Gasteiger partial charge in [-0.05, 0) is 25.5 Å². The van der Waals surface area contributed by atoms with E-state index in [2.05, 4.69) is 9.97 Å². The van der Waals surface area contributed by atoms with Crippen molar-refractivity contribution in [3.63, 3.8) is 0 Å². The zero-order valence-corrected chi connectivity index (χ0v) is 9.57. The van der Waals surface area contributed by atoms with Crippen molar-refractivity contribution in [2.24, 2.45) is 0 Å². The molecule has 2 rings (SSSR count). The van der Waals surface area contributed by atoms with Crippen molar-refractivity contribution in [3.8, 4) is 11.6 Å². The molecule has 0 bridgehead atoms. The van der Waals surface area contributed by atoms with E-state index in [-0.39, 0.29) is 11.6 Å². The highest BCUT2D eigenvalue weighted by atomic mass is 19.1. The molecule has 1 aromatic heterocycles. The van der Waals surface area contributed by atoms with Crippen molar-refractivity contribution in [3.05, 3.63) is 41.6 Å². The van der Waals surface area contributed by atoms with E-state index in [0.717, 1.165) is 5.56 Å². The number of benzene rings is 1. The molecule has 1 aromatic carbocycles. The molecule has 0 unspecified atom stereocenters. The Bertz CT molecular complexity index is 557. The van der Waals surface area contributed by atoms with E-state index in [0.29, 0.717) is 11.4 Å². The predicted molar refractivity (Wildman–Crippen MR) is 62.4 cm³/mol. The van der Waals surface area contributed by atoms with Gasteiger partial charge in [0.15, 0.2) is 11.6 Å². The highest BCUT2D eigenvalue weighted by molar-refractivity contribution is 5.51. The maximum Gasteiger partial charge on any atom is 0.240 e. The van der Waals surface area contributed by atoms with E-state index in [1.807, 2.05) is 0 Å². The lowest BCUT2D eigenvalue weighted by atomic mass is 10.2. The molecule has 4 nitrogen and oxygen atoms in total. The van der Waals surface area contributed by atoms with Crippen LogP contribution < -0.4 is 10.5 Å². The second-order valence-electron chi connectivity index (χ2n) is 3.69. The van der Waals surface area contributed by atoms with Crippen LogP contribution in [0.2, 0.25) is 0 Å². The third kappa shape index (κ3) is 2.33. The summed E-state index contributed by atoms with van der Waals surface area (Å²) in [5, 5.41) is 0. The standard InChI is InChI=1S/C12H12FN3O/c1-7-5-11(9(13)6-10(7)14)17-12-8(2)15-3-4-16-12/h3-6H,14H2,1-2H3. The number of anilines is 1. The van der Waals surface area contributed by atoms with E-state index < -0.39 is 5.82 Å². The molecule has 88 valence electrons. The molecule has 0 saturated carbocycles. The van der Waals surface area contributed by atoms with Crippen molar-refractivity contribution in [1.29, 1.82) is 0 Å². The first kappa shape index (κ1) is 11.3. The molecule has 17 heavy (non-hydrogen) atoms. The number of nitrogen functional groups attached to an aromatic ring is 1. The number of ether oxygens (including phenoxy) is 1. The first-order valence-electron chi connectivity index (χ1n) is 5.09. The van der Waals surface area contributed by atoms with Crippen LogP contribution in [-0.4, -0.2) is 9.97 Å². The summed E-state index contributed by atoms with van der Waals surface area (Å²) in [7, 11) is 0. The minimum atomic E-state index is -0.516. The van der Waals surface area contributed by atoms with Crippen molar-refractivity contribution in [1.82, 2.24) is 9.97 Å². The summed E-state index contributed by atoms with van der Waals surface area (Å²) in [5.41, 5.74) is 7.33. The lowest BCUT2D eigenvalue weighted by Gasteiger charge is -2.09. The number of hydrogen-bond acceptors (Lipinski definition) is 4. The fourth-order valence-corrected chi connectivity index (χ4v) is 1.35. The SMILES string of the molecule is Cc1cc(Oc2nccnc2C)c(F)cc1N. The van der Waals surface area contributed by atoms with Gasteiger partial charge in [0.2, 0.25) is 5.88 Å². The molecule has 0 saturated heterocycles. The van der Waals surface area contributed by atoms with Crippen LogP contribution in [0, 0.1) is 19.7 Å². The van der Waals surface area contributed by atoms with Crippen molar-refractivity contribution in [2.45, 2.75) is 13.8 Å². The van der Waals surface area contributed by atoms with Gasteiger partial charge in [-0.25, -0.2) is 9.37 Å². The number of halogens is 1. The summed E-state index contributed by atoms with van der Waals surface area (Å²) in [6.45, 7) is 3.52. The van der Waals surface area contributed by atoms with Crippen molar-refractivity contribution in [2.75, 3.05) is 5.73 Å². The zero-order valence-electron chi connectivity index (χ0n) is 9.57. The van der Waals surface area contributed by atoms with Gasteiger partial charge in [0, 0.05) is 24.1 Å². The number of aromatic nitrogens is 2. The molecule has 2 aromatic rings. The summed E-state index contributed by atoms with van der Waals surface area (Å²) >= 11 is 0. The number of hydrogen-bond donors (Lipinski definition) is 1. The number of aryl methyl sites for hydroxylation is 2. The molecular formula is C12H12FN3O. The summed E-state index contributed by atoms with van der Waals surface area (Å²) < 4.78 is 19.0. The highest BCUT2D eigenvalue weighted by Gasteiger charge is 2.10. The molecule has 0 spiro atoms. The maximum atomic E-state index is 13.6. The molecule has 0 amide bonds. The Labute approximate surface area is 98.3 Å². The van der Waals surface area contributed by atoms with Crippen LogP contribution in [-0.2, 0) is 0 Å². The highest BCUT2D eigenvalue weighted by Crippen LogP contribution is 2.28. The van der Waals surface area contributed by atoms with Gasteiger partial charge in [0.1, 0.15) is 0 Å². The average Bonchev–Trinajstić information content (AvgIpc) is 2.29. The first-order chi connectivity index (χ1) is 8.08. The van der Waals surface area contributed by atoms with Gasteiger partial charge in [-0.1, -0.05) is 0 Å². The second kappa shape index (κ2) is 4.37. The van der Waals surface area contributed by atoms with Crippen LogP contribution >= 0.6 is 0 Å². The van der Waals surface area contributed by atoms with E-state index in [9.17, 15) is 4.39 Å². The molecule has 5 heteroatoms. The summed E-state index contributed by atoms with van der Waals surface area (Å²) in [5.74, 6) is -0.131. The van der Waals surface area contributed by atoms with Crippen LogP contribution in [0.4, 0.5) is 10.1 Å². The summed E-state index contributed by atoms with van der Waals surface area (Å²) in [4.78, 5) is 7.99. The third-order valence-corrected chi connectivity index (χ3v) is 2.36. The second-order valence-corrected chi connectivity index (χ2v) is 3.69. The predicted octanol–water partition coefficient (Wildman–Crippen LogP) is 2.61. The molecule has 0 atom stereocenters. The number of nitrogens with zero attached hydrogens (tertiary/aromatic N) is 2. The van der Waals surface area contributed by atoms with E-state index in [4.69, 9.17) is 10.5 Å². The van der Waals surface area contributed by atoms with Crippen LogP contribution in [0.3, 0.4) is 0 Å². The van der Waals surface area contributed by atoms with Crippen molar-refractivity contribution >= 4 is 5.69 Å². The molecule has 0 fully saturated rings. The van der Waals surface area contributed by atoms with Gasteiger partial charge in [0.25, 0.3) is 0 Å². The lowest BCUT2D eigenvalue weighted by Crippen LogP contribution is -1.97. The Morgan fingerprint density at radius 1 is 1.18 bits per heavy atom. The number of nitrogens with two attached hydrogens (primary N) is 1. The summed E-state index contributed by atoms with van der Waals surface area (Å²) in [6, 6.07) is 2.77. The van der Waals surface area contributed by atoms with Gasteiger partial charge in [-0.15, -0.1) is 0 Å². The van der Waals surface area contributed by atoms with Gasteiger partial charge < -0.3 is 10.5 Å². The smallest absolute Gasteiger partial charge is 0.240 e. The topological polar surface area (TPSA) is 61.0 Å². The number of rotatable bonds is 2. The van der Waals surface area contributed by atoms with Crippen molar-refractivity contribution < 1.29 is 9.13 Å². The van der Waals surface area contributed by atoms with Crippen LogP contribution in [0.25, 0.3) is 0 Å². The minimum Gasteiger partial charge on any atom is -0.434 e. The Balaban J connectivity index is 2.37. The molecule has 0 radical (unpaired) electrons. The molecule has 0 aliphatic heterocycles. The third-order valence-electron chi connectivity index (χ3n) is 2.36. The molecular weight excluding hydrogens is 221 g/mol. The summed E-state index contributed by atoms with van der Waals surface area (Å²) in [6.07, 6.45) is 3.04.